The third-order valence-corrected chi connectivity index (χ3v) is 6.22. The lowest BCUT2D eigenvalue weighted by Gasteiger charge is -2.26. The van der Waals surface area contributed by atoms with Gasteiger partial charge in [0.15, 0.2) is 6.61 Å². The minimum absolute atomic E-state index is 0.114. The molecule has 2 rings (SSSR count). The van der Waals surface area contributed by atoms with Gasteiger partial charge in [0.1, 0.15) is 0 Å². The highest BCUT2D eigenvalue weighted by Gasteiger charge is 2.28. The van der Waals surface area contributed by atoms with Crippen LogP contribution in [-0.2, 0) is 19.6 Å². The molecule has 0 aliphatic carbocycles. The standard InChI is InChI=1S/C17H24N2O5S/c1-13-7-8-14(17(21)24-12-16(20)18(2)3)11-15(13)25(22,23)19-9-5-4-6-10-19/h7-8,11H,4-6,9-10,12H2,1-3H3. The van der Waals surface area contributed by atoms with Gasteiger partial charge in [-0.05, 0) is 37.5 Å². The highest BCUT2D eigenvalue weighted by molar-refractivity contribution is 7.89. The molecule has 8 heteroatoms. The maximum Gasteiger partial charge on any atom is 0.338 e. The van der Waals surface area contributed by atoms with E-state index in [1.165, 1.54) is 21.3 Å². The van der Waals surface area contributed by atoms with E-state index < -0.39 is 16.0 Å². The van der Waals surface area contributed by atoms with E-state index in [0.717, 1.165) is 19.3 Å². The Bertz CT molecular complexity index is 752. The van der Waals surface area contributed by atoms with E-state index in [1.807, 2.05) is 0 Å². The number of hydrogen-bond acceptors (Lipinski definition) is 5. The first-order valence-corrected chi connectivity index (χ1v) is 9.65. The van der Waals surface area contributed by atoms with Crippen LogP contribution in [0.2, 0.25) is 0 Å². The quantitative estimate of drug-likeness (QED) is 0.734. The Morgan fingerprint density at radius 1 is 1.16 bits per heavy atom. The van der Waals surface area contributed by atoms with E-state index in [4.69, 9.17) is 4.74 Å². The van der Waals surface area contributed by atoms with Crippen LogP contribution in [0.5, 0.6) is 0 Å². The summed E-state index contributed by atoms with van der Waals surface area (Å²) >= 11 is 0. The van der Waals surface area contributed by atoms with Crippen LogP contribution in [0.1, 0.15) is 35.2 Å². The van der Waals surface area contributed by atoms with Crippen molar-refractivity contribution in [3.8, 4) is 0 Å². The maximum atomic E-state index is 12.9. The van der Waals surface area contributed by atoms with Gasteiger partial charge in [0.25, 0.3) is 5.91 Å². The zero-order valence-electron chi connectivity index (χ0n) is 14.8. The number of ether oxygens (including phenoxy) is 1. The first-order chi connectivity index (χ1) is 11.7. The van der Waals surface area contributed by atoms with Gasteiger partial charge in [-0.2, -0.15) is 4.31 Å². The Balaban J connectivity index is 2.22. The zero-order valence-corrected chi connectivity index (χ0v) is 15.6. The molecule has 0 aromatic heterocycles. The van der Waals surface area contributed by atoms with Crippen LogP contribution in [-0.4, -0.2) is 63.3 Å². The van der Waals surface area contributed by atoms with Gasteiger partial charge in [-0.3, -0.25) is 4.79 Å². The molecule has 1 heterocycles. The Labute approximate surface area is 148 Å². The van der Waals surface area contributed by atoms with Gasteiger partial charge in [0.05, 0.1) is 10.5 Å². The van der Waals surface area contributed by atoms with E-state index in [2.05, 4.69) is 0 Å². The Hall–Kier alpha value is -1.93. The summed E-state index contributed by atoms with van der Waals surface area (Å²) in [6, 6.07) is 4.43. The molecule has 0 N–H and O–H groups in total. The molecule has 0 bridgehead atoms. The largest absolute Gasteiger partial charge is 0.452 e. The fourth-order valence-electron chi connectivity index (χ4n) is 2.59. The number of carbonyl (C=O) groups is 2. The first kappa shape index (κ1) is 19.4. The van der Waals surface area contributed by atoms with E-state index in [1.54, 1.807) is 27.1 Å². The Kier molecular flexibility index (Phi) is 6.18. The van der Waals surface area contributed by atoms with Crippen molar-refractivity contribution >= 4 is 21.9 Å². The van der Waals surface area contributed by atoms with Crippen LogP contribution in [0.4, 0.5) is 0 Å². The average molecular weight is 368 g/mol. The molecule has 1 fully saturated rings. The molecule has 1 saturated heterocycles. The summed E-state index contributed by atoms with van der Waals surface area (Å²) in [4.78, 5) is 25.1. The normalized spacial score (nSPS) is 15.6. The van der Waals surface area contributed by atoms with Gasteiger partial charge in [0, 0.05) is 27.2 Å². The SMILES string of the molecule is Cc1ccc(C(=O)OCC(=O)N(C)C)cc1S(=O)(=O)N1CCCCC1. The number of esters is 1. The minimum Gasteiger partial charge on any atom is -0.452 e. The van der Waals surface area contributed by atoms with Gasteiger partial charge >= 0.3 is 5.97 Å². The number of amides is 1. The highest BCUT2D eigenvalue weighted by atomic mass is 32.2. The summed E-state index contributed by atoms with van der Waals surface area (Å²) in [5.41, 5.74) is 0.694. The molecule has 138 valence electrons. The monoisotopic (exact) mass is 368 g/mol. The van der Waals surface area contributed by atoms with Gasteiger partial charge in [-0.1, -0.05) is 12.5 Å². The molecule has 1 amide bonds. The second-order valence-corrected chi connectivity index (χ2v) is 8.22. The van der Waals surface area contributed by atoms with Crippen LogP contribution >= 0.6 is 0 Å². The molecule has 25 heavy (non-hydrogen) atoms. The fourth-order valence-corrected chi connectivity index (χ4v) is 4.36. The average Bonchev–Trinajstić information content (AvgIpc) is 2.60. The molecule has 0 unspecified atom stereocenters. The van der Waals surface area contributed by atoms with Crippen LogP contribution in [0.3, 0.4) is 0 Å². The predicted octanol–water partition coefficient (Wildman–Crippen LogP) is 1.41. The van der Waals surface area contributed by atoms with E-state index in [9.17, 15) is 18.0 Å². The van der Waals surface area contributed by atoms with Crippen LogP contribution in [0.15, 0.2) is 23.1 Å². The third kappa shape index (κ3) is 4.58. The Morgan fingerprint density at radius 3 is 2.40 bits per heavy atom. The molecule has 1 aliphatic rings. The van der Waals surface area contributed by atoms with Crippen molar-refractivity contribution in [1.29, 1.82) is 0 Å². The number of benzene rings is 1. The van der Waals surface area contributed by atoms with Crippen molar-refractivity contribution in [2.24, 2.45) is 0 Å². The molecule has 1 aromatic carbocycles. The van der Waals surface area contributed by atoms with Gasteiger partial charge in [-0.15, -0.1) is 0 Å². The number of hydrogen-bond donors (Lipinski definition) is 0. The second kappa shape index (κ2) is 7.97. The van der Waals surface area contributed by atoms with E-state index in [0.29, 0.717) is 18.7 Å². The summed E-state index contributed by atoms with van der Waals surface area (Å²) in [7, 11) is -0.521. The number of aryl methyl sites for hydroxylation is 1. The van der Waals surface area contributed by atoms with Crippen molar-refractivity contribution in [2.45, 2.75) is 31.1 Å². The molecule has 0 atom stereocenters. The molecule has 7 nitrogen and oxygen atoms in total. The minimum atomic E-state index is -3.64. The van der Waals surface area contributed by atoms with Gasteiger partial charge in [-0.25, -0.2) is 13.2 Å². The van der Waals surface area contributed by atoms with Gasteiger partial charge in [0.2, 0.25) is 10.0 Å². The van der Waals surface area contributed by atoms with Crippen molar-refractivity contribution in [3.63, 3.8) is 0 Å². The zero-order chi connectivity index (χ0) is 18.6. The topological polar surface area (TPSA) is 84.0 Å². The Morgan fingerprint density at radius 2 is 1.80 bits per heavy atom. The molecular formula is C17H24N2O5S. The highest BCUT2D eigenvalue weighted by Crippen LogP contribution is 2.24. The van der Waals surface area contributed by atoms with Crippen molar-refractivity contribution in [3.05, 3.63) is 29.3 Å². The molecule has 0 radical (unpaired) electrons. The van der Waals surface area contributed by atoms with Crippen molar-refractivity contribution in [2.75, 3.05) is 33.8 Å². The first-order valence-electron chi connectivity index (χ1n) is 8.21. The molecular weight excluding hydrogens is 344 g/mol. The number of rotatable bonds is 5. The van der Waals surface area contributed by atoms with E-state index >= 15 is 0 Å². The lowest BCUT2D eigenvalue weighted by Crippen LogP contribution is -2.36. The number of sulfonamides is 1. The number of likely N-dealkylation sites (N-methyl/N-ethyl adjacent to an activating group) is 1. The van der Waals surface area contributed by atoms with Crippen LogP contribution < -0.4 is 0 Å². The lowest BCUT2D eigenvalue weighted by atomic mass is 10.1. The van der Waals surface area contributed by atoms with Crippen molar-refractivity contribution < 1.29 is 22.7 Å². The number of piperidine rings is 1. The predicted molar refractivity (Wildman–Crippen MR) is 92.8 cm³/mol. The number of carbonyl (C=O) groups excluding carboxylic acids is 2. The van der Waals surface area contributed by atoms with Crippen LogP contribution in [0, 0.1) is 6.92 Å². The summed E-state index contributed by atoms with van der Waals surface area (Å²) in [5, 5.41) is 0. The lowest BCUT2D eigenvalue weighted by molar-refractivity contribution is -0.131. The van der Waals surface area contributed by atoms with Crippen molar-refractivity contribution in [1.82, 2.24) is 9.21 Å². The molecule has 1 aliphatic heterocycles. The van der Waals surface area contributed by atoms with Gasteiger partial charge < -0.3 is 9.64 Å². The smallest absolute Gasteiger partial charge is 0.338 e. The van der Waals surface area contributed by atoms with E-state index in [-0.39, 0.29) is 23.0 Å². The number of nitrogens with zero attached hydrogens (tertiary/aromatic N) is 2. The molecule has 0 spiro atoms. The molecule has 0 saturated carbocycles. The summed E-state index contributed by atoms with van der Waals surface area (Å²) in [6.07, 6.45) is 2.70. The van der Waals surface area contributed by atoms with Crippen LogP contribution in [0.25, 0.3) is 0 Å². The molecule has 1 aromatic rings. The summed E-state index contributed by atoms with van der Waals surface area (Å²) < 4.78 is 32.1. The summed E-state index contributed by atoms with van der Waals surface area (Å²) in [5.74, 6) is -1.06. The fraction of sp³-hybridized carbons (Fsp3) is 0.529. The third-order valence-electron chi connectivity index (χ3n) is 4.18. The maximum absolute atomic E-state index is 12.9. The second-order valence-electron chi connectivity index (χ2n) is 6.31. The summed E-state index contributed by atoms with van der Waals surface area (Å²) in [6.45, 7) is 2.30.